The van der Waals surface area contributed by atoms with E-state index in [0.29, 0.717) is 0 Å². The summed E-state index contributed by atoms with van der Waals surface area (Å²) >= 11 is 5.08. The third-order valence-electron chi connectivity index (χ3n) is 3.58. The smallest absolute Gasteiger partial charge is 0.0883 e. The van der Waals surface area contributed by atoms with E-state index in [1.54, 1.807) is 0 Å². The molecule has 2 unspecified atom stereocenters. The molecule has 2 atom stereocenters. The molecule has 0 saturated carbocycles. The minimum atomic E-state index is 0.736. The van der Waals surface area contributed by atoms with Gasteiger partial charge in [-0.1, -0.05) is 15.9 Å². The van der Waals surface area contributed by atoms with Gasteiger partial charge in [0.2, 0.25) is 0 Å². The van der Waals surface area contributed by atoms with Crippen LogP contribution in [0.3, 0.4) is 0 Å². The van der Waals surface area contributed by atoms with Crippen LogP contribution in [0.15, 0.2) is 6.20 Å². The number of piperidine rings is 1. The van der Waals surface area contributed by atoms with Gasteiger partial charge < -0.3 is 0 Å². The molecular weight excluding hydrogens is 274 g/mol. The Bertz CT molecular complexity index is 315. The molecular formula is C10H14BrN3S. The number of aromatic nitrogens is 2. The maximum atomic E-state index is 4.30. The molecule has 0 aliphatic carbocycles. The summed E-state index contributed by atoms with van der Waals surface area (Å²) in [6, 6.07) is 1.55. The lowest BCUT2D eigenvalue weighted by Crippen LogP contribution is -2.42. The molecule has 3 rings (SSSR count). The first-order chi connectivity index (χ1) is 7.33. The summed E-state index contributed by atoms with van der Waals surface area (Å²) in [5, 5.41) is 0. The second kappa shape index (κ2) is 4.11. The average molecular weight is 288 g/mol. The van der Waals surface area contributed by atoms with Gasteiger partial charge in [0.25, 0.3) is 0 Å². The summed E-state index contributed by atoms with van der Waals surface area (Å²) in [4.78, 5) is 3.37. The Balaban J connectivity index is 1.72. The van der Waals surface area contributed by atoms with Gasteiger partial charge in [0, 0.05) is 23.5 Å². The Morgan fingerprint density at radius 2 is 2.13 bits per heavy atom. The van der Waals surface area contributed by atoms with Gasteiger partial charge in [-0.2, -0.15) is 8.75 Å². The standard InChI is InChI=1S/C10H14BrN3S/c11-7-3-9-1-2-10(4-7)14(9)6-8-5-12-15-13-8/h5,7,9-10H,1-4,6H2. The molecule has 3 nitrogen and oxygen atoms in total. The zero-order valence-corrected chi connectivity index (χ0v) is 10.9. The Morgan fingerprint density at radius 1 is 1.40 bits per heavy atom. The molecule has 2 aliphatic heterocycles. The number of halogens is 1. The van der Waals surface area contributed by atoms with E-state index in [9.17, 15) is 0 Å². The summed E-state index contributed by atoms with van der Waals surface area (Å²) in [6.07, 6.45) is 7.24. The van der Waals surface area contributed by atoms with E-state index in [1.165, 1.54) is 37.4 Å². The van der Waals surface area contributed by atoms with Crippen LogP contribution in [0.1, 0.15) is 31.4 Å². The van der Waals surface area contributed by atoms with Crippen molar-refractivity contribution >= 4 is 27.7 Å². The third kappa shape index (κ3) is 1.97. The SMILES string of the molecule is BrC1CC2CCC(C1)N2Cc1cnsn1. The minimum Gasteiger partial charge on any atom is -0.291 e. The highest BCUT2D eigenvalue weighted by atomic mass is 79.9. The number of fused-ring (bicyclic) bond motifs is 2. The predicted molar refractivity (Wildman–Crippen MR) is 64.2 cm³/mol. The van der Waals surface area contributed by atoms with Crippen LogP contribution in [-0.2, 0) is 6.54 Å². The van der Waals surface area contributed by atoms with Crippen LogP contribution in [0.25, 0.3) is 0 Å². The third-order valence-corrected chi connectivity index (χ3v) is 4.84. The average Bonchev–Trinajstić information content (AvgIpc) is 2.77. The molecule has 0 radical (unpaired) electrons. The molecule has 5 heteroatoms. The molecule has 0 N–H and O–H groups in total. The van der Waals surface area contributed by atoms with Crippen molar-refractivity contribution in [1.29, 1.82) is 0 Å². The summed E-state index contributed by atoms with van der Waals surface area (Å²) in [5.41, 5.74) is 1.14. The fraction of sp³-hybridized carbons (Fsp3) is 0.800. The molecule has 0 aromatic carbocycles. The molecule has 82 valence electrons. The number of nitrogens with zero attached hydrogens (tertiary/aromatic N) is 3. The number of hydrogen-bond acceptors (Lipinski definition) is 4. The van der Waals surface area contributed by atoms with Crippen LogP contribution in [0.4, 0.5) is 0 Å². The van der Waals surface area contributed by atoms with E-state index in [1.807, 2.05) is 6.20 Å². The van der Waals surface area contributed by atoms with Crippen molar-refractivity contribution in [2.24, 2.45) is 0 Å². The second-order valence-corrected chi connectivity index (χ2v) is 6.38. The van der Waals surface area contributed by atoms with Crippen molar-refractivity contribution in [2.45, 2.75) is 49.1 Å². The molecule has 2 aliphatic rings. The molecule has 3 heterocycles. The molecule has 1 aromatic heterocycles. The second-order valence-electron chi connectivity index (χ2n) is 4.52. The Labute approximate surface area is 102 Å². The van der Waals surface area contributed by atoms with Crippen molar-refractivity contribution in [3.63, 3.8) is 0 Å². The van der Waals surface area contributed by atoms with Crippen molar-refractivity contribution < 1.29 is 0 Å². The first-order valence-electron chi connectivity index (χ1n) is 5.49. The van der Waals surface area contributed by atoms with Gasteiger partial charge in [0.05, 0.1) is 23.6 Å². The Kier molecular flexibility index (Phi) is 2.79. The number of hydrogen-bond donors (Lipinski definition) is 0. The molecule has 0 spiro atoms. The van der Waals surface area contributed by atoms with E-state index >= 15 is 0 Å². The van der Waals surface area contributed by atoms with Crippen molar-refractivity contribution in [3.05, 3.63) is 11.9 Å². The lowest BCUT2D eigenvalue weighted by Gasteiger charge is -2.36. The quantitative estimate of drug-likeness (QED) is 0.783. The van der Waals surface area contributed by atoms with Crippen molar-refractivity contribution in [2.75, 3.05) is 0 Å². The van der Waals surface area contributed by atoms with E-state index in [4.69, 9.17) is 0 Å². The van der Waals surface area contributed by atoms with Gasteiger partial charge in [-0.15, -0.1) is 0 Å². The van der Waals surface area contributed by atoms with E-state index in [-0.39, 0.29) is 0 Å². The van der Waals surface area contributed by atoms with Gasteiger partial charge >= 0.3 is 0 Å². The van der Waals surface area contributed by atoms with Crippen LogP contribution in [0, 0.1) is 0 Å². The zero-order chi connectivity index (χ0) is 10.3. The molecule has 1 aromatic rings. The highest BCUT2D eigenvalue weighted by Gasteiger charge is 2.39. The summed E-state index contributed by atoms with van der Waals surface area (Å²) in [6.45, 7) is 1.01. The predicted octanol–water partition coefficient (Wildman–Crippen LogP) is 2.43. The molecule has 2 fully saturated rings. The fourth-order valence-corrected chi connectivity index (χ4v) is 4.20. The normalized spacial score (nSPS) is 35.9. The lowest BCUT2D eigenvalue weighted by atomic mass is 10.0. The first kappa shape index (κ1) is 10.2. The Morgan fingerprint density at radius 3 is 2.73 bits per heavy atom. The van der Waals surface area contributed by atoms with Crippen LogP contribution in [0.2, 0.25) is 0 Å². The topological polar surface area (TPSA) is 29.0 Å². The molecule has 2 bridgehead atoms. The van der Waals surface area contributed by atoms with E-state index in [2.05, 4.69) is 29.6 Å². The molecule has 0 amide bonds. The van der Waals surface area contributed by atoms with Crippen LogP contribution in [0.5, 0.6) is 0 Å². The summed E-state index contributed by atoms with van der Waals surface area (Å²) < 4.78 is 8.37. The lowest BCUT2D eigenvalue weighted by molar-refractivity contribution is 0.135. The zero-order valence-electron chi connectivity index (χ0n) is 8.47. The summed E-state index contributed by atoms with van der Waals surface area (Å²) in [5.74, 6) is 0. The number of rotatable bonds is 2. The summed E-state index contributed by atoms with van der Waals surface area (Å²) in [7, 11) is 0. The van der Waals surface area contributed by atoms with E-state index < -0.39 is 0 Å². The monoisotopic (exact) mass is 287 g/mol. The van der Waals surface area contributed by atoms with Crippen LogP contribution >= 0.6 is 27.7 Å². The van der Waals surface area contributed by atoms with Crippen LogP contribution < -0.4 is 0 Å². The van der Waals surface area contributed by atoms with Crippen molar-refractivity contribution in [1.82, 2.24) is 13.6 Å². The largest absolute Gasteiger partial charge is 0.291 e. The Hall–Kier alpha value is -0.0000000000000000278. The van der Waals surface area contributed by atoms with Gasteiger partial charge in [-0.25, -0.2) is 0 Å². The maximum absolute atomic E-state index is 4.30. The van der Waals surface area contributed by atoms with E-state index in [0.717, 1.165) is 29.1 Å². The van der Waals surface area contributed by atoms with Crippen molar-refractivity contribution in [3.8, 4) is 0 Å². The van der Waals surface area contributed by atoms with Gasteiger partial charge in [-0.3, -0.25) is 4.90 Å². The minimum absolute atomic E-state index is 0.736. The van der Waals surface area contributed by atoms with Gasteiger partial charge in [0.1, 0.15) is 0 Å². The van der Waals surface area contributed by atoms with Crippen LogP contribution in [-0.4, -0.2) is 30.6 Å². The molecule has 15 heavy (non-hydrogen) atoms. The fourth-order valence-electron chi connectivity index (χ4n) is 2.91. The maximum Gasteiger partial charge on any atom is 0.0883 e. The highest BCUT2D eigenvalue weighted by Crippen LogP contribution is 2.39. The highest BCUT2D eigenvalue weighted by molar-refractivity contribution is 9.09. The number of alkyl halides is 1. The van der Waals surface area contributed by atoms with Gasteiger partial charge in [-0.05, 0) is 25.7 Å². The molecule has 2 saturated heterocycles. The first-order valence-corrected chi connectivity index (χ1v) is 7.14. The van der Waals surface area contributed by atoms with Gasteiger partial charge in [0.15, 0.2) is 0 Å².